The molecule has 0 amide bonds. The Morgan fingerprint density at radius 1 is 1.00 bits per heavy atom. The van der Waals surface area contributed by atoms with E-state index in [1.165, 1.54) is 6.92 Å². The van der Waals surface area contributed by atoms with Gasteiger partial charge in [0, 0.05) is 6.92 Å². The quantitative estimate of drug-likeness (QED) is 0.385. The molecule has 2 aromatic carbocycles. The summed E-state index contributed by atoms with van der Waals surface area (Å²) in [5.41, 5.74) is 2.39. The van der Waals surface area contributed by atoms with Crippen LogP contribution in [0.5, 0.6) is 5.75 Å². The number of carbonyl (C=O) groups is 2. The minimum atomic E-state index is -0.379. The molecule has 2 unspecified atom stereocenters. The summed E-state index contributed by atoms with van der Waals surface area (Å²) in [6.07, 6.45) is 0.941. The number of hydrogen-bond donors (Lipinski definition) is 0. The number of esters is 2. The van der Waals surface area contributed by atoms with Gasteiger partial charge in [0.05, 0.1) is 10.9 Å². The maximum absolute atomic E-state index is 12.1. The molecule has 0 aliphatic heterocycles. The maximum Gasteiger partial charge on any atom is 0.338 e. The van der Waals surface area contributed by atoms with Crippen molar-refractivity contribution < 1.29 is 19.1 Å². The molecule has 0 N–H and O–H groups in total. The van der Waals surface area contributed by atoms with Crippen molar-refractivity contribution in [2.24, 2.45) is 5.92 Å². The van der Waals surface area contributed by atoms with Gasteiger partial charge in [-0.3, -0.25) is 4.79 Å². The number of halogens is 1. The van der Waals surface area contributed by atoms with Gasteiger partial charge in [0.2, 0.25) is 0 Å². The Balaban J connectivity index is 1.99. The largest absolute Gasteiger partial charge is 0.461 e. The molecule has 0 fully saturated rings. The Morgan fingerprint density at radius 3 is 2.04 bits per heavy atom. The third kappa shape index (κ3) is 5.60. The summed E-state index contributed by atoms with van der Waals surface area (Å²) >= 11 is 6.20. The lowest BCUT2D eigenvalue weighted by molar-refractivity contribution is -0.131. The van der Waals surface area contributed by atoms with Gasteiger partial charge in [-0.1, -0.05) is 44.5 Å². The molecule has 0 saturated heterocycles. The predicted molar refractivity (Wildman–Crippen MR) is 103 cm³/mol. The second-order valence-corrected chi connectivity index (χ2v) is 6.76. The number of benzene rings is 2. The van der Waals surface area contributed by atoms with Crippen molar-refractivity contribution in [3.63, 3.8) is 0 Å². The number of ether oxygens (including phenoxy) is 2. The van der Waals surface area contributed by atoms with Crippen LogP contribution in [0, 0.1) is 5.92 Å². The van der Waals surface area contributed by atoms with Crippen molar-refractivity contribution in [1.82, 2.24) is 0 Å². The van der Waals surface area contributed by atoms with Gasteiger partial charge >= 0.3 is 11.9 Å². The Hall–Kier alpha value is -2.33. The maximum atomic E-state index is 12.1. The van der Waals surface area contributed by atoms with Gasteiger partial charge in [0.25, 0.3) is 0 Å². The van der Waals surface area contributed by atoms with Gasteiger partial charge in [0.1, 0.15) is 12.4 Å². The number of hydrogen-bond acceptors (Lipinski definition) is 4. The van der Waals surface area contributed by atoms with Crippen LogP contribution in [-0.4, -0.2) is 23.9 Å². The standard InChI is InChI=1S/C21H23ClO4/c1-4-14(2)20(22)13-25-21(24)18-7-5-16(6-8-18)17-9-11-19(12-10-17)26-15(3)23/h5-12,14,20H,4,13H2,1-3H3. The summed E-state index contributed by atoms with van der Waals surface area (Å²) in [7, 11) is 0. The summed E-state index contributed by atoms with van der Waals surface area (Å²) in [6.45, 7) is 5.65. The van der Waals surface area contributed by atoms with E-state index in [9.17, 15) is 9.59 Å². The average Bonchev–Trinajstić information content (AvgIpc) is 2.65. The summed E-state index contributed by atoms with van der Waals surface area (Å²) in [6, 6.07) is 14.3. The molecule has 0 heterocycles. The van der Waals surface area contributed by atoms with Gasteiger partial charge in [-0.15, -0.1) is 11.6 Å². The molecule has 0 spiro atoms. The molecular weight excluding hydrogens is 352 g/mol. The Morgan fingerprint density at radius 2 is 1.54 bits per heavy atom. The van der Waals surface area contributed by atoms with Gasteiger partial charge in [-0.05, 0) is 41.3 Å². The van der Waals surface area contributed by atoms with Crippen molar-refractivity contribution in [1.29, 1.82) is 0 Å². The van der Waals surface area contributed by atoms with Crippen LogP contribution in [0.15, 0.2) is 48.5 Å². The Bertz CT molecular complexity index is 738. The zero-order chi connectivity index (χ0) is 19.1. The predicted octanol–water partition coefficient (Wildman–Crippen LogP) is 5.09. The molecule has 2 aromatic rings. The van der Waals surface area contributed by atoms with Crippen LogP contribution in [0.1, 0.15) is 37.6 Å². The molecule has 2 atom stereocenters. The third-order valence-electron chi connectivity index (χ3n) is 4.20. The lowest BCUT2D eigenvalue weighted by atomic mass is 10.0. The van der Waals surface area contributed by atoms with E-state index >= 15 is 0 Å². The summed E-state index contributed by atoms with van der Waals surface area (Å²) in [5.74, 6) is 0.0593. The second kappa shape index (κ2) is 9.39. The van der Waals surface area contributed by atoms with Gasteiger partial charge < -0.3 is 9.47 Å². The highest BCUT2D eigenvalue weighted by Crippen LogP contribution is 2.23. The van der Waals surface area contributed by atoms with E-state index in [-0.39, 0.29) is 23.9 Å². The van der Waals surface area contributed by atoms with Crippen LogP contribution in [0.4, 0.5) is 0 Å². The van der Waals surface area contributed by atoms with E-state index in [4.69, 9.17) is 21.1 Å². The number of carbonyl (C=O) groups excluding carboxylic acids is 2. The first-order chi connectivity index (χ1) is 12.4. The highest BCUT2D eigenvalue weighted by atomic mass is 35.5. The summed E-state index contributed by atoms with van der Waals surface area (Å²) in [4.78, 5) is 23.1. The first kappa shape index (κ1) is 20.0. The van der Waals surface area contributed by atoms with E-state index < -0.39 is 0 Å². The van der Waals surface area contributed by atoms with Crippen molar-refractivity contribution in [3.05, 3.63) is 54.1 Å². The molecule has 26 heavy (non-hydrogen) atoms. The monoisotopic (exact) mass is 374 g/mol. The molecule has 0 aliphatic carbocycles. The van der Waals surface area contributed by atoms with E-state index in [2.05, 4.69) is 6.92 Å². The van der Waals surface area contributed by atoms with E-state index in [1.54, 1.807) is 24.3 Å². The molecule has 2 rings (SSSR count). The van der Waals surface area contributed by atoms with E-state index in [0.29, 0.717) is 17.2 Å². The van der Waals surface area contributed by atoms with Crippen LogP contribution >= 0.6 is 11.6 Å². The van der Waals surface area contributed by atoms with E-state index in [0.717, 1.165) is 17.5 Å². The molecule has 0 bridgehead atoms. The Kier molecular flexibility index (Phi) is 7.22. The minimum absolute atomic E-state index is 0.182. The lowest BCUT2D eigenvalue weighted by Gasteiger charge is -2.16. The van der Waals surface area contributed by atoms with Gasteiger partial charge in [-0.2, -0.15) is 0 Å². The molecule has 0 radical (unpaired) electrons. The van der Waals surface area contributed by atoms with Crippen LogP contribution in [-0.2, 0) is 9.53 Å². The second-order valence-electron chi connectivity index (χ2n) is 6.20. The molecule has 5 heteroatoms. The molecule has 138 valence electrons. The average molecular weight is 375 g/mol. The molecule has 4 nitrogen and oxygen atoms in total. The van der Waals surface area contributed by atoms with Crippen LogP contribution < -0.4 is 4.74 Å². The third-order valence-corrected chi connectivity index (χ3v) is 4.76. The topological polar surface area (TPSA) is 52.6 Å². The summed E-state index contributed by atoms with van der Waals surface area (Å²) in [5, 5.41) is -0.182. The Labute approximate surface area is 159 Å². The van der Waals surface area contributed by atoms with E-state index in [1.807, 2.05) is 31.2 Å². The zero-order valence-electron chi connectivity index (χ0n) is 15.2. The highest BCUT2D eigenvalue weighted by molar-refractivity contribution is 6.21. The molecule has 0 saturated carbocycles. The SMILES string of the molecule is CCC(C)C(Cl)COC(=O)c1ccc(-c2ccc(OC(C)=O)cc2)cc1. The van der Waals surface area contributed by atoms with Crippen LogP contribution in [0.25, 0.3) is 11.1 Å². The number of alkyl halides is 1. The number of rotatable bonds is 7. The van der Waals surface area contributed by atoms with Crippen LogP contribution in [0.3, 0.4) is 0 Å². The molecule has 0 aromatic heterocycles. The smallest absolute Gasteiger partial charge is 0.338 e. The normalized spacial score (nSPS) is 12.9. The van der Waals surface area contributed by atoms with Crippen molar-refractivity contribution in [3.8, 4) is 16.9 Å². The van der Waals surface area contributed by atoms with Crippen molar-refractivity contribution in [2.75, 3.05) is 6.61 Å². The molecule has 0 aliphatic rings. The first-order valence-corrected chi connectivity index (χ1v) is 9.04. The lowest BCUT2D eigenvalue weighted by Crippen LogP contribution is -2.20. The van der Waals surface area contributed by atoms with Crippen molar-refractivity contribution >= 4 is 23.5 Å². The van der Waals surface area contributed by atoms with Gasteiger partial charge in [-0.25, -0.2) is 4.79 Å². The van der Waals surface area contributed by atoms with Crippen LogP contribution in [0.2, 0.25) is 0 Å². The van der Waals surface area contributed by atoms with Gasteiger partial charge in [0.15, 0.2) is 0 Å². The van der Waals surface area contributed by atoms with Crippen molar-refractivity contribution in [2.45, 2.75) is 32.6 Å². The fourth-order valence-corrected chi connectivity index (χ4v) is 2.58. The fraction of sp³-hybridized carbons (Fsp3) is 0.333. The first-order valence-electron chi connectivity index (χ1n) is 8.60. The summed E-state index contributed by atoms with van der Waals surface area (Å²) < 4.78 is 10.3. The minimum Gasteiger partial charge on any atom is -0.461 e. The highest BCUT2D eigenvalue weighted by Gasteiger charge is 2.16. The molecular formula is C21H23ClO4. The fourth-order valence-electron chi connectivity index (χ4n) is 2.34. The zero-order valence-corrected chi connectivity index (χ0v) is 16.0.